The normalized spacial score (nSPS) is 11.2. The molecule has 0 unspecified atom stereocenters. The molecule has 0 aliphatic heterocycles. The lowest BCUT2D eigenvalue weighted by molar-refractivity contribution is 0.568. The summed E-state index contributed by atoms with van der Waals surface area (Å²) >= 11 is 0. The molecule has 0 atom stereocenters. The molecule has 0 spiro atoms. The molecule has 80 valence electrons. The second kappa shape index (κ2) is 3.66. The molecule has 2 nitrogen and oxygen atoms in total. The molecule has 1 aromatic carbocycles. The van der Waals surface area contributed by atoms with Gasteiger partial charge in [-0.05, 0) is 44.5 Å². The number of nitrogens with two attached hydrogens (primary N) is 1. The highest BCUT2D eigenvalue weighted by atomic mass is 19.1. The topological polar surface area (TPSA) is 39.2 Å². The van der Waals surface area contributed by atoms with Crippen molar-refractivity contribution in [3.63, 3.8) is 0 Å². The maximum atomic E-state index is 13.3. The molecule has 0 bridgehead atoms. The molecule has 0 fully saturated rings. The highest BCUT2D eigenvalue weighted by molar-refractivity contribution is 5.85. The van der Waals surface area contributed by atoms with Crippen molar-refractivity contribution in [3.8, 4) is 0 Å². The van der Waals surface area contributed by atoms with E-state index in [9.17, 15) is 4.39 Å². The fraction of sp³-hybridized carbons (Fsp3) is 0.333. The second-order valence-corrected chi connectivity index (χ2v) is 3.77. The lowest BCUT2D eigenvalue weighted by Crippen LogP contribution is -2.03. The number of rotatable bonds is 2. The van der Waals surface area contributed by atoms with Gasteiger partial charge in [0.15, 0.2) is 0 Å². The van der Waals surface area contributed by atoms with Crippen LogP contribution in [-0.2, 0) is 6.42 Å². The Balaban J connectivity index is 2.74. The Morgan fingerprint density at radius 2 is 2.07 bits per heavy atom. The molecular weight excluding hydrogens is 193 g/mol. The number of hydrogen-bond donors (Lipinski definition) is 1. The van der Waals surface area contributed by atoms with Gasteiger partial charge < -0.3 is 10.2 Å². The lowest BCUT2D eigenvalue weighted by Gasteiger charge is -1.98. The summed E-state index contributed by atoms with van der Waals surface area (Å²) in [6.45, 7) is 4.29. The smallest absolute Gasteiger partial charge is 0.137 e. The number of aryl methyl sites for hydroxylation is 2. The minimum Gasteiger partial charge on any atom is -0.461 e. The van der Waals surface area contributed by atoms with Gasteiger partial charge in [0, 0.05) is 10.9 Å². The Morgan fingerprint density at radius 1 is 1.33 bits per heavy atom. The SMILES string of the molecule is Cc1oc2c(C)cc(F)cc2c1CCN. The van der Waals surface area contributed by atoms with E-state index in [2.05, 4.69) is 0 Å². The van der Waals surface area contributed by atoms with Gasteiger partial charge in [-0.1, -0.05) is 0 Å². The monoisotopic (exact) mass is 207 g/mol. The molecule has 2 aromatic rings. The summed E-state index contributed by atoms with van der Waals surface area (Å²) in [4.78, 5) is 0. The fourth-order valence-electron chi connectivity index (χ4n) is 1.95. The van der Waals surface area contributed by atoms with E-state index in [4.69, 9.17) is 10.2 Å². The molecule has 0 aliphatic rings. The van der Waals surface area contributed by atoms with Crippen molar-refractivity contribution in [3.05, 3.63) is 34.8 Å². The summed E-state index contributed by atoms with van der Waals surface area (Å²) in [7, 11) is 0. The Morgan fingerprint density at radius 3 is 2.73 bits per heavy atom. The Kier molecular flexibility index (Phi) is 2.49. The fourth-order valence-corrected chi connectivity index (χ4v) is 1.95. The molecule has 0 radical (unpaired) electrons. The number of halogens is 1. The summed E-state index contributed by atoms with van der Waals surface area (Å²) in [6.07, 6.45) is 0.724. The molecule has 0 saturated carbocycles. The van der Waals surface area contributed by atoms with Crippen molar-refractivity contribution in [1.29, 1.82) is 0 Å². The van der Waals surface area contributed by atoms with Gasteiger partial charge >= 0.3 is 0 Å². The van der Waals surface area contributed by atoms with Crippen molar-refractivity contribution in [2.75, 3.05) is 6.54 Å². The summed E-state index contributed by atoms with van der Waals surface area (Å²) < 4.78 is 18.9. The molecule has 2 N–H and O–H groups in total. The van der Waals surface area contributed by atoms with Gasteiger partial charge in [-0.25, -0.2) is 4.39 Å². The molecule has 3 heteroatoms. The number of hydrogen-bond acceptors (Lipinski definition) is 2. The Bertz CT molecular complexity index is 502. The van der Waals surface area contributed by atoms with Crippen molar-refractivity contribution in [2.45, 2.75) is 20.3 Å². The quantitative estimate of drug-likeness (QED) is 0.822. The molecule has 2 rings (SSSR count). The van der Waals surface area contributed by atoms with E-state index < -0.39 is 0 Å². The molecule has 0 amide bonds. The van der Waals surface area contributed by atoms with Gasteiger partial charge in [0.05, 0.1) is 0 Å². The Labute approximate surface area is 87.9 Å². The summed E-state index contributed by atoms with van der Waals surface area (Å²) in [5.74, 6) is 0.614. The number of benzene rings is 1. The maximum absolute atomic E-state index is 13.3. The second-order valence-electron chi connectivity index (χ2n) is 3.77. The summed E-state index contributed by atoms with van der Waals surface area (Å²) in [5.41, 5.74) is 8.15. The van der Waals surface area contributed by atoms with Crippen LogP contribution in [0.3, 0.4) is 0 Å². The van der Waals surface area contributed by atoms with Crippen LogP contribution in [0.5, 0.6) is 0 Å². The van der Waals surface area contributed by atoms with E-state index in [0.29, 0.717) is 6.54 Å². The van der Waals surface area contributed by atoms with Gasteiger partial charge in [-0.2, -0.15) is 0 Å². The van der Waals surface area contributed by atoms with Crippen LogP contribution in [0, 0.1) is 19.7 Å². The van der Waals surface area contributed by atoms with Gasteiger partial charge in [0.2, 0.25) is 0 Å². The van der Waals surface area contributed by atoms with Crippen molar-refractivity contribution in [2.24, 2.45) is 5.73 Å². The highest BCUT2D eigenvalue weighted by Gasteiger charge is 2.13. The van der Waals surface area contributed by atoms with Gasteiger partial charge in [0.1, 0.15) is 17.2 Å². The van der Waals surface area contributed by atoms with Crippen LogP contribution in [0.4, 0.5) is 4.39 Å². The summed E-state index contributed by atoms with van der Waals surface area (Å²) in [5, 5.41) is 0.857. The predicted octanol–water partition coefficient (Wildman–Crippen LogP) is 2.69. The van der Waals surface area contributed by atoms with Crippen LogP contribution in [0.25, 0.3) is 11.0 Å². The molecule has 15 heavy (non-hydrogen) atoms. The van der Waals surface area contributed by atoms with Gasteiger partial charge in [-0.3, -0.25) is 0 Å². The van der Waals surface area contributed by atoms with E-state index in [1.165, 1.54) is 12.1 Å². The summed E-state index contributed by atoms with van der Waals surface area (Å²) in [6, 6.07) is 3.00. The molecular formula is C12H14FNO. The first kappa shape index (κ1) is 10.2. The molecule has 0 saturated heterocycles. The van der Waals surface area contributed by atoms with E-state index in [0.717, 1.165) is 34.3 Å². The van der Waals surface area contributed by atoms with Crippen LogP contribution < -0.4 is 5.73 Å². The van der Waals surface area contributed by atoms with Crippen molar-refractivity contribution < 1.29 is 8.81 Å². The van der Waals surface area contributed by atoms with Crippen molar-refractivity contribution in [1.82, 2.24) is 0 Å². The average molecular weight is 207 g/mol. The van der Waals surface area contributed by atoms with Gasteiger partial charge in [0.25, 0.3) is 0 Å². The third-order valence-electron chi connectivity index (χ3n) is 2.64. The highest BCUT2D eigenvalue weighted by Crippen LogP contribution is 2.29. The van der Waals surface area contributed by atoms with Crippen LogP contribution >= 0.6 is 0 Å². The zero-order valence-corrected chi connectivity index (χ0v) is 8.93. The van der Waals surface area contributed by atoms with E-state index in [-0.39, 0.29) is 5.82 Å². The molecule has 0 aliphatic carbocycles. The minimum absolute atomic E-state index is 0.223. The first-order valence-corrected chi connectivity index (χ1v) is 5.01. The number of fused-ring (bicyclic) bond motifs is 1. The first-order valence-electron chi connectivity index (χ1n) is 5.01. The van der Waals surface area contributed by atoms with Crippen molar-refractivity contribution >= 4 is 11.0 Å². The van der Waals surface area contributed by atoms with E-state index >= 15 is 0 Å². The zero-order chi connectivity index (χ0) is 11.0. The zero-order valence-electron chi connectivity index (χ0n) is 8.93. The molecule has 1 heterocycles. The lowest BCUT2D eigenvalue weighted by atomic mass is 10.1. The van der Waals surface area contributed by atoms with Crippen LogP contribution in [-0.4, -0.2) is 6.54 Å². The van der Waals surface area contributed by atoms with E-state index in [1.807, 2.05) is 13.8 Å². The third kappa shape index (κ3) is 1.63. The van der Waals surface area contributed by atoms with E-state index in [1.54, 1.807) is 0 Å². The van der Waals surface area contributed by atoms with Crippen LogP contribution in [0.15, 0.2) is 16.5 Å². The minimum atomic E-state index is -0.223. The average Bonchev–Trinajstić information content (AvgIpc) is 2.46. The van der Waals surface area contributed by atoms with Crippen LogP contribution in [0.2, 0.25) is 0 Å². The number of furan rings is 1. The van der Waals surface area contributed by atoms with Gasteiger partial charge in [-0.15, -0.1) is 0 Å². The first-order chi connectivity index (χ1) is 7.13. The standard InChI is InChI=1S/C12H14FNO/c1-7-5-9(13)6-11-10(3-4-14)8(2)15-12(7)11/h5-6H,3-4,14H2,1-2H3. The van der Waals surface area contributed by atoms with Crippen LogP contribution in [0.1, 0.15) is 16.9 Å². The predicted molar refractivity (Wildman–Crippen MR) is 58.4 cm³/mol. The third-order valence-corrected chi connectivity index (χ3v) is 2.64. The Hall–Kier alpha value is -1.35. The maximum Gasteiger partial charge on any atom is 0.137 e. The largest absolute Gasteiger partial charge is 0.461 e. The molecule has 1 aromatic heterocycles.